The third kappa shape index (κ3) is 4.30. The van der Waals surface area contributed by atoms with Crippen molar-refractivity contribution in [1.82, 2.24) is 10.2 Å². The molecule has 1 aliphatic heterocycles. The summed E-state index contributed by atoms with van der Waals surface area (Å²) in [4.78, 5) is 14.2. The fourth-order valence-electron chi connectivity index (χ4n) is 2.29. The largest absolute Gasteiger partial charge is 0.394 e. The predicted octanol–water partition coefficient (Wildman–Crippen LogP) is 0.0368. The highest BCUT2D eigenvalue weighted by Crippen LogP contribution is 2.06. The third-order valence-electron chi connectivity index (χ3n) is 3.45. The summed E-state index contributed by atoms with van der Waals surface area (Å²) in [5, 5.41) is 12.3. The quantitative estimate of drug-likeness (QED) is 0.798. The van der Waals surface area contributed by atoms with Gasteiger partial charge in [-0.05, 0) is 19.0 Å². The number of nitrogens with zero attached hydrogens (tertiary/aromatic N) is 1. The molecule has 2 rings (SSSR count). The summed E-state index contributed by atoms with van der Waals surface area (Å²) < 4.78 is 5.47. The first-order chi connectivity index (χ1) is 9.69. The van der Waals surface area contributed by atoms with E-state index < -0.39 is 6.10 Å². The minimum absolute atomic E-state index is 0.0802. The molecule has 0 saturated carbocycles. The Morgan fingerprint density at radius 2 is 2.25 bits per heavy atom. The second kappa shape index (κ2) is 7.38. The van der Waals surface area contributed by atoms with Gasteiger partial charge in [-0.1, -0.05) is 30.3 Å². The molecule has 1 heterocycles. The fourth-order valence-corrected chi connectivity index (χ4v) is 2.29. The molecule has 0 aliphatic carbocycles. The van der Waals surface area contributed by atoms with Gasteiger partial charge >= 0.3 is 0 Å². The second-order valence-corrected chi connectivity index (χ2v) is 5.20. The van der Waals surface area contributed by atoms with Gasteiger partial charge in [0.1, 0.15) is 6.10 Å². The van der Waals surface area contributed by atoms with Gasteiger partial charge in [0.15, 0.2) is 0 Å². The maximum atomic E-state index is 12.1. The Hall–Kier alpha value is -1.43. The number of nitrogens with one attached hydrogen (secondary N) is 1. The number of aliphatic hydroxyl groups is 1. The number of hydrogen-bond donors (Lipinski definition) is 2. The van der Waals surface area contributed by atoms with E-state index in [0.717, 1.165) is 12.1 Å². The lowest BCUT2D eigenvalue weighted by atomic mass is 10.1. The van der Waals surface area contributed by atoms with Gasteiger partial charge in [0.25, 0.3) is 5.91 Å². The zero-order valence-corrected chi connectivity index (χ0v) is 11.8. The molecule has 1 amide bonds. The molecule has 1 aliphatic rings. The smallest absolute Gasteiger partial charge is 0.250 e. The van der Waals surface area contributed by atoms with Gasteiger partial charge < -0.3 is 20.1 Å². The van der Waals surface area contributed by atoms with Crippen molar-refractivity contribution in [2.75, 3.05) is 33.4 Å². The molecule has 0 unspecified atom stereocenters. The Morgan fingerprint density at radius 3 is 2.90 bits per heavy atom. The van der Waals surface area contributed by atoms with E-state index in [1.54, 1.807) is 0 Å². The van der Waals surface area contributed by atoms with Gasteiger partial charge in [-0.15, -0.1) is 0 Å². The van der Waals surface area contributed by atoms with Crippen LogP contribution < -0.4 is 5.32 Å². The van der Waals surface area contributed by atoms with E-state index in [1.165, 1.54) is 0 Å². The predicted molar refractivity (Wildman–Crippen MR) is 76.4 cm³/mol. The van der Waals surface area contributed by atoms with Gasteiger partial charge in [0.2, 0.25) is 0 Å². The summed E-state index contributed by atoms with van der Waals surface area (Å²) in [6.07, 6.45) is 0.171. The minimum Gasteiger partial charge on any atom is -0.394 e. The second-order valence-electron chi connectivity index (χ2n) is 5.20. The molecule has 1 aromatic rings. The van der Waals surface area contributed by atoms with Crippen molar-refractivity contribution in [3.8, 4) is 0 Å². The van der Waals surface area contributed by atoms with Gasteiger partial charge in [0, 0.05) is 13.1 Å². The van der Waals surface area contributed by atoms with Crippen LogP contribution in [-0.2, 0) is 16.0 Å². The first-order valence-electron chi connectivity index (χ1n) is 6.94. The number of carbonyl (C=O) groups excluding carboxylic acids is 1. The van der Waals surface area contributed by atoms with Crippen LogP contribution in [0, 0.1) is 0 Å². The van der Waals surface area contributed by atoms with E-state index in [0.29, 0.717) is 19.6 Å². The molecule has 1 aromatic carbocycles. The Balaban J connectivity index is 1.87. The van der Waals surface area contributed by atoms with Crippen molar-refractivity contribution in [3.05, 3.63) is 35.9 Å². The molecule has 2 N–H and O–H groups in total. The van der Waals surface area contributed by atoms with E-state index >= 15 is 0 Å². The summed E-state index contributed by atoms with van der Waals surface area (Å²) in [5.41, 5.74) is 1.09. The average molecular weight is 278 g/mol. The number of amides is 1. The van der Waals surface area contributed by atoms with Crippen molar-refractivity contribution >= 4 is 5.91 Å². The number of carbonyl (C=O) groups is 1. The fraction of sp³-hybridized carbons (Fsp3) is 0.533. The topological polar surface area (TPSA) is 61.8 Å². The van der Waals surface area contributed by atoms with E-state index in [1.807, 2.05) is 37.4 Å². The van der Waals surface area contributed by atoms with Crippen molar-refractivity contribution in [3.63, 3.8) is 0 Å². The van der Waals surface area contributed by atoms with Crippen molar-refractivity contribution in [2.24, 2.45) is 0 Å². The zero-order chi connectivity index (χ0) is 14.4. The van der Waals surface area contributed by atoms with Gasteiger partial charge in [-0.3, -0.25) is 4.79 Å². The van der Waals surface area contributed by atoms with E-state index in [9.17, 15) is 9.90 Å². The lowest BCUT2D eigenvalue weighted by Gasteiger charge is -2.30. The summed E-state index contributed by atoms with van der Waals surface area (Å²) in [5.74, 6) is -0.147. The van der Waals surface area contributed by atoms with E-state index in [-0.39, 0.29) is 18.6 Å². The molecular weight excluding hydrogens is 256 g/mol. The number of aliphatic hydroxyl groups excluding tert-OH is 1. The number of morpholine rings is 1. The zero-order valence-electron chi connectivity index (χ0n) is 11.8. The molecule has 1 fully saturated rings. The van der Waals surface area contributed by atoms with Crippen LogP contribution in [0.15, 0.2) is 30.3 Å². The first-order valence-corrected chi connectivity index (χ1v) is 6.94. The van der Waals surface area contributed by atoms with Crippen LogP contribution in [0.2, 0.25) is 0 Å². The Labute approximate surface area is 119 Å². The highest BCUT2D eigenvalue weighted by molar-refractivity contribution is 5.81. The maximum absolute atomic E-state index is 12.1. The lowest BCUT2D eigenvalue weighted by Crippen LogP contribution is -2.51. The van der Waals surface area contributed by atoms with Crippen LogP contribution in [0.5, 0.6) is 0 Å². The van der Waals surface area contributed by atoms with E-state index in [4.69, 9.17) is 4.74 Å². The maximum Gasteiger partial charge on any atom is 0.250 e. The molecule has 0 bridgehead atoms. The van der Waals surface area contributed by atoms with Crippen LogP contribution in [-0.4, -0.2) is 61.4 Å². The lowest BCUT2D eigenvalue weighted by molar-refractivity contribution is -0.138. The number of benzene rings is 1. The van der Waals surface area contributed by atoms with Gasteiger partial charge in [0.05, 0.1) is 19.3 Å². The molecular formula is C15H22N2O3. The first kappa shape index (κ1) is 15.0. The molecule has 0 aromatic heterocycles. The molecule has 5 heteroatoms. The summed E-state index contributed by atoms with van der Waals surface area (Å²) in [6.45, 7) is 1.92. The van der Waals surface area contributed by atoms with E-state index in [2.05, 4.69) is 10.2 Å². The molecule has 5 nitrogen and oxygen atoms in total. The molecule has 0 spiro atoms. The Morgan fingerprint density at radius 1 is 1.50 bits per heavy atom. The summed E-state index contributed by atoms with van der Waals surface area (Å²) in [7, 11) is 1.97. The van der Waals surface area contributed by atoms with Gasteiger partial charge in [-0.2, -0.15) is 0 Å². The Kier molecular flexibility index (Phi) is 5.52. The highest BCUT2D eigenvalue weighted by Gasteiger charge is 2.26. The molecule has 20 heavy (non-hydrogen) atoms. The summed E-state index contributed by atoms with van der Waals surface area (Å²) >= 11 is 0. The van der Waals surface area contributed by atoms with Crippen LogP contribution in [0.25, 0.3) is 0 Å². The van der Waals surface area contributed by atoms with Crippen LogP contribution >= 0.6 is 0 Å². The number of rotatable bonds is 5. The Bertz CT molecular complexity index is 424. The third-order valence-corrected chi connectivity index (χ3v) is 3.45. The molecule has 1 saturated heterocycles. The van der Waals surface area contributed by atoms with Crippen molar-refractivity contribution in [1.29, 1.82) is 0 Å². The number of likely N-dealkylation sites (N-methyl/N-ethyl adjacent to an activating group) is 1. The molecule has 2 atom stereocenters. The number of hydrogen-bond acceptors (Lipinski definition) is 4. The van der Waals surface area contributed by atoms with Crippen molar-refractivity contribution < 1.29 is 14.6 Å². The summed E-state index contributed by atoms with van der Waals surface area (Å²) in [6, 6.07) is 9.54. The number of ether oxygens (including phenoxy) is 1. The van der Waals surface area contributed by atoms with Crippen LogP contribution in [0.1, 0.15) is 5.56 Å². The SMILES string of the molecule is CN1CCO[C@@H](C(=O)N[C@H](CO)Cc2ccccc2)C1. The molecule has 0 radical (unpaired) electrons. The molecule has 110 valence electrons. The normalized spacial score (nSPS) is 21.4. The standard InChI is InChI=1S/C15H22N2O3/c1-17-7-8-20-14(10-17)15(19)16-13(11-18)9-12-5-3-2-4-6-12/h2-6,13-14,18H,7-11H2,1H3,(H,16,19)/t13-,14+/m0/s1. The monoisotopic (exact) mass is 278 g/mol. The van der Waals surface area contributed by atoms with Crippen LogP contribution in [0.3, 0.4) is 0 Å². The highest BCUT2D eigenvalue weighted by atomic mass is 16.5. The van der Waals surface area contributed by atoms with Crippen LogP contribution in [0.4, 0.5) is 0 Å². The van der Waals surface area contributed by atoms with Gasteiger partial charge in [-0.25, -0.2) is 0 Å². The minimum atomic E-state index is -0.446. The van der Waals surface area contributed by atoms with Crippen molar-refractivity contribution in [2.45, 2.75) is 18.6 Å². The average Bonchev–Trinajstić information content (AvgIpc) is 2.47.